The molecule has 4 heteroatoms. The van der Waals surface area contributed by atoms with Crippen molar-refractivity contribution in [1.29, 1.82) is 0 Å². The molecule has 0 rings (SSSR count). The molecule has 0 aromatic heterocycles. The minimum Gasteiger partial charge on any atom is -0.142 e. The van der Waals surface area contributed by atoms with Crippen LogP contribution in [0.2, 0.25) is 0 Å². The quantitative estimate of drug-likeness (QED) is 0.490. The van der Waals surface area contributed by atoms with Gasteiger partial charge in [0.2, 0.25) is 0 Å². The summed E-state index contributed by atoms with van der Waals surface area (Å²) in [4.78, 5) is 4.69. The van der Waals surface area contributed by atoms with Crippen LogP contribution in [-0.4, -0.2) is 0 Å². The van der Waals surface area contributed by atoms with Crippen LogP contribution < -0.4 is 0 Å². The van der Waals surface area contributed by atoms with Gasteiger partial charge in [0, 0.05) is 0 Å². The van der Waals surface area contributed by atoms with E-state index in [-0.39, 0.29) is 0 Å². The van der Waals surface area contributed by atoms with Gasteiger partial charge in [-0.25, -0.2) is 0 Å². The lowest BCUT2D eigenvalue weighted by molar-refractivity contribution is -0.234. The highest BCUT2D eigenvalue weighted by molar-refractivity contribution is 4.02. The summed E-state index contributed by atoms with van der Waals surface area (Å²) in [7, 11) is 0. The molecule has 0 heterocycles. The summed E-state index contributed by atoms with van der Waals surface area (Å²) in [5, 5.41) is 0. The third-order valence-electron chi connectivity index (χ3n) is 0.0630. The van der Waals surface area contributed by atoms with E-state index in [2.05, 4.69) is 9.88 Å². The summed E-state index contributed by atoms with van der Waals surface area (Å²) in [5.41, 5.74) is 0. The molecule has 0 unspecified atom stereocenters. The van der Waals surface area contributed by atoms with E-state index in [1.165, 1.54) is 0 Å². The van der Waals surface area contributed by atoms with Crippen molar-refractivity contribution in [2.24, 2.45) is 0 Å². The van der Waals surface area contributed by atoms with E-state index in [0.717, 1.165) is 6.79 Å². The number of rotatable bonds is 2. The van der Waals surface area contributed by atoms with E-state index in [0.29, 0.717) is 0 Å². The fraction of sp³-hybridized carbons (Fsp3) is 0. The predicted molar refractivity (Wildman–Crippen MR) is 7.63 cm³/mol. The van der Waals surface area contributed by atoms with Crippen molar-refractivity contribution in [2.45, 2.75) is 0 Å². The first-order valence-electron chi connectivity index (χ1n) is 0.717. The zero-order valence-electron chi connectivity index (χ0n) is 2.07. The smallest absolute Gasteiger partial charge is 0.142 e. The van der Waals surface area contributed by atoms with Gasteiger partial charge < -0.3 is 0 Å². The minimum absolute atomic E-state index is 0.778. The monoisotopic (exact) mass is 82.0 g/mol. The Kier molecular flexibility index (Phi) is 3.61. The van der Waals surface area contributed by atoms with Gasteiger partial charge in [0.25, 0.3) is 0 Å². The Balaban J connectivity index is 2.19. The largest absolute Gasteiger partial charge is 0.374 e. The molecular formula is CF2O2. The van der Waals surface area contributed by atoms with Gasteiger partial charge in [-0.05, 0) is 9.05 Å². The molecule has 0 aliphatic rings. The highest BCUT2D eigenvalue weighted by Crippen LogP contribution is 1.81. The molecule has 2 nitrogen and oxygen atoms in total. The minimum atomic E-state index is 0.778. The summed E-state index contributed by atoms with van der Waals surface area (Å²) in [5.74, 6) is 0. The van der Waals surface area contributed by atoms with Crippen LogP contribution in [0.5, 0.6) is 0 Å². The molecule has 0 saturated heterocycles. The van der Waals surface area contributed by atoms with Crippen LogP contribution in [0, 0.1) is 6.79 Å². The van der Waals surface area contributed by atoms with Crippen LogP contribution in [-0.2, 0) is 9.88 Å². The molecule has 0 aromatic rings. The van der Waals surface area contributed by atoms with E-state index in [1.54, 1.807) is 0 Å². The van der Waals surface area contributed by atoms with Gasteiger partial charge in [0.15, 0.2) is 0 Å². The number of hydrogen-bond donors (Lipinski definition) is 0. The fourth-order valence-corrected chi connectivity index (χ4v) is 0.0119. The van der Waals surface area contributed by atoms with Gasteiger partial charge in [-0.15, -0.1) is 9.88 Å². The van der Waals surface area contributed by atoms with E-state index in [9.17, 15) is 9.05 Å². The Morgan fingerprint density at radius 3 is 1.60 bits per heavy atom. The lowest BCUT2D eigenvalue weighted by atomic mass is 11.5. The maximum atomic E-state index is 10.0. The molecule has 0 fully saturated rings. The maximum Gasteiger partial charge on any atom is 0.374 e. The Hall–Kier alpha value is -0.220. The second-order valence-electron chi connectivity index (χ2n) is 0.238. The fourth-order valence-electron chi connectivity index (χ4n) is 0.0119. The molecule has 0 amide bonds. The molecule has 0 aromatic carbocycles. The molecule has 2 radical (unpaired) electrons. The van der Waals surface area contributed by atoms with Crippen LogP contribution >= 0.6 is 0 Å². The van der Waals surface area contributed by atoms with Crippen molar-refractivity contribution >= 4 is 0 Å². The van der Waals surface area contributed by atoms with Crippen LogP contribution in [0.4, 0.5) is 9.05 Å². The summed E-state index contributed by atoms with van der Waals surface area (Å²) in [6, 6.07) is 0. The van der Waals surface area contributed by atoms with Gasteiger partial charge in [-0.2, -0.15) is 0 Å². The van der Waals surface area contributed by atoms with Gasteiger partial charge in [0.05, 0.1) is 0 Å². The average molecular weight is 82.0 g/mol. The lowest BCUT2D eigenvalue weighted by Crippen LogP contribution is -1.68. The first-order valence-corrected chi connectivity index (χ1v) is 0.717. The van der Waals surface area contributed by atoms with Crippen LogP contribution in [0.15, 0.2) is 0 Å². The maximum absolute atomic E-state index is 10.0. The first kappa shape index (κ1) is 4.78. The summed E-state index contributed by atoms with van der Waals surface area (Å²) in [6.07, 6.45) is 0. The molecule has 0 aliphatic heterocycles. The van der Waals surface area contributed by atoms with Gasteiger partial charge in [0.1, 0.15) is 0 Å². The molecule has 0 saturated carbocycles. The SMILES string of the molecule is FO[C]OF. The third kappa shape index (κ3) is 3.78. The molecule has 30 valence electrons. The lowest BCUT2D eigenvalue weighted by Gasteiger charge is -1.71. The molecule has 0 bridgehead atoms. The van der Waals surface area contributed by atoms with Crippen molar-refractivity contribution in [2.75, 3.05) is 0 Å². The van der Waals surface area contributed by atoms with Crippen molar-refractivity contribution in [3.8, 4) is 0 Å². The average Bonchev–Trinajstić information content (AvgIpc) is 1.41. The topological polar surface area (TPSA) is 18.5 Å². The van der Waals surface area contributed by atoms with Gasteiger partial charge >= 0.3 is 6.79 Å². The van der Waals surface area contributed by atoms with Crippen molar-refractivity contribution < 1.29 is 18.9 Å². The van der Waals surface area contributed by atoms with E-state index < -0.39 is 0 Å². The van der Waals surface area contributed by atoms with Crippen molar-refractivity contribution in [3.63, 3.8) is 0 Å². The molecule has 5 heavy (non-hydrogen) atoms. The zero-order valence-corrected chi connectivity index (χ0v) is 2.07. The highest BCUT2D eigenvalue weighted by atomic mass is 19.3. The summed E-state index contributed by atoms with van der Waals surface area (Å²) < 4.78 is 20.0. The Morgan fingerprint density at radius 1 is 1.20 bits per heavy atom. The Bertz CT molecular complexity index is 15.1. The molecular weight excluding hydrogens is 82.0 g/mol. The molecule has 0 spiro atoms. The predicted octanol–water partition coefficient (Wildman–Crippen LogP) is 0.785. The first-order chi connectivity index (χ1) is 2.41. The number of hydrogen-bond acceptors (Lipinski definition) is 2. The Morgan fingerprint density at radius 2 is 1.60 bits per heavy atom. The van der Waals surface area contributed by atoms with E-state index in [1.807, 2.05) is 0 Å². The van der Waals surface area contributed by atoms with Crippen molar-refractivity contribution in [3.05, 3.63) is 6.79 Å². The van der Waals surface area contributed by atoms with Gasteiger partial charge in [-0.1, -0.05) is 0 Å². The summed E-state index contributed by atoms with van der Waals surface area (Å²) >= 11 is 0. The standard InChI is InChI=1S/CF2O2/c2-4-1-5-3. The second-order valence-corrected chi connectivity index (χ2v) is 0.238. The number of halogens is 2. The van der Waals surface area contributed by atoms with Crippen LogP contribution in [0.25, 0.3) is 0 Å². The van der Waals surface area contributed by atoms with Crippen LogP contribution in [0.1, 0.15) is 0 Å². The highest BCUT2D eigenvalue weighted by Gasteiger charge is 1.80. The second kappa shape index (κ2) is 3.78. The normalized spacial score (nSPS) is 8.40. The van der Waals surface area contributed by atoms with Crippen molar-refractivity contribution in [1.82, 2.24) is 0 Å². The zero-order chi connectivity index (χ0) is 4.12. The van der Waals surface area contributed by atoms with Crippen LogP contribution in [0.3, 0.4) is 0 Å². The summed E-state index contributed by atoms with van der Waals surface area (Å²) in [6.45, 7) is 0.778. The Labute approximate surface area is 27.1 Å². The molecule has 0 atom stereocenters. The van der Waals surface area contributed by atoms with Gasteiger partial charge in [-0.3, -0.25) is 0 Å². The molecule has 0 aliphatic carbocycles. The van der Waals surface area contributed by atoms with E-state index >= 15 is 0 Å². The van der Waals surface area contributed by atoms with E-state index in [4.69, 9.17) is 0 Å². The third-order valence-corrected chi connectivity index (χ3v) is 0.0630. The molecule has 0 N–H and O–H groups in total.